The van der Waals surface area contributed by atoms with Crippen LogP contribution in [-0.2, 0) is 14.8 Å². The van der Waals surface area contributed by atoms with Gasteiger partial charge in [0.15, 0.2) is 0 Å². The number of aromatic nitrogens is 1. The van der Waals surface area contributed by atoms with Crippen LogP contribution in [0.3, 0.4) is 0 Å². The molecule has 1 aromatic carbocycles. The molecule has 0 aliphatic heterocycles. The molecule has 0 aliphatic rings. The van der Waals surface area contributed by atoms with Gasteiger partial charge in [0, 0.05) is 43.0 Å². The lowest BCUT2D eigenvalue weighted by Gasteiger charge is -2.06. The van der Waals surface area contributed by atoms with Crippen LogP contribution in [0.25, 0.3) is 10.9 Å². The molecule has 4 N–H and O–H groups in total. The van der Waals surface area contributed by atoms with Gasteiger partial charge in [-0.3, -0.25) is 0 Å². The van der Waals surface area contributed by atoms with E-state index in [4.69, 9.17) is 10.5 Å². The molecule has 1 aromatic heterocycles. The van der Waals surface area contributed by atoms with Crippen molar-refractivity contribution in [3.63, 3.8) is 0 Å². The van der Waals surface area contributed by atoms with Crippen LogP contribution in [0.5, 0.6) is 0 Å². The van der Waals surface area contributed by atoms with Crippen molar-refractivity contribution in [1.82, 2.24) is 9.71 Å². The summed E-state index contributed by atoms with van der Waals surface area (Å²) in [6, 6.07) is 5.17. The Balaban J connectivity index is 2.03. The molecule has 116 valence electrons. The van der Waals surface area contributed by atoms with E-state index in [-0.39, 0.29) is 4.90 Å². The second kappa shape index (κ2) is 6.93. The Bertz CT molecular complexity index is 695. The SMILES string of the molecule is COCCCCCNS(=O)(=O)c1c[nH]c2ccc(N)cc12. The van der Waals surface area contributed by atoms with Crippen molar-refractivity contribution in [2.75, 3.05) is 26.0 Å². The number of fused-ring (bicyclic) bond motifs is 1. The van der Waals surface area contributed by atoms with Gasteiger partial charge in [-0.05, 0) is 37.5 Å². The molecule has 0 atom stereocenters. The van der Waals surface area contributed by atoms with E-state index in [1.807, 2.05) is 0 Å². The van der Waals surface area contributed by atoms with E-state index < -0.39 is 10.0 Å². The molecule has 0 radical (unpaired) electrons. The van der Waals surface area contributed by atoms with Gasteiger partial charge in [0.25, 0.3) is 0 Å². The van der Waals surface area contributed by atoms with Crippen molar-refractivity contribution in [2.24, 2.45) is 0 Å². The highest BCUT2D eigenvalue weighted by atomic mass is 32.2. The van der Waals surface area contributed by atoms with Crippen LogP contribution in [-0.4, -0.2) is 33.7 Å². The normalized spacial score (nSPS) is 12.0. The number of benzene rings is 1. The summed E-state index contributed by atoms with van der Waals surface area (Å²) in [5, 5.41) is 0.613. The highest BCUT2D eigenvalue weighted by Gasteiger charge is 2.18. The van der Waals surface area contributed by atoms with Gasteiger partial charge in [0.2, 0.25) is 10.0 Å². The summed E-state index contributed by atoms with van der Waals surface area (Å²) in [7, 11) is -1.86. The first kappa shape index (κ1) is 15.8. The first-order chi connectivity index (χ1) is 10.0. The van der Waals surface area contributed by atoms with Crippen LogP contribution in [0.4, 0.5) is 5.69 Å². The monoisotopic (exact) mass is 311 g/mol. The molecule has 0 amide bonds. The van der Waals surface area contributed by atoms with Crippen LogP contribution in [0.1, 0.15) is 19.3 Å². The van der Waals surface area contributed by atoms with Gasteiger partial charge in [-0.1, -0.05) is 0 Å². The fraction of sp³-hybridized carbons (Fsp3) is 0.429. The Morgan fingerprint density at radius 3 is 2.86 bits per heavy atom. The summed E-state index contributed by atoms with van der Waals surface area (Å²) in [4.78, 5) is 3.19. The number of aromatic amines is 1. The summed E-state index contributed by atoms with van der Waals surface area (Å²) in [6.45, 7) is 1.12. The van der Waals surface area contributed by atoms with Crippen molar-refractivity contribution in [3.05, 3.63) is 24.4 Å². The predicted molar refractivity (Wildman–Crippen MR) is 83.6 cm³/mol. The lowest BCUT2D eigenvalue weighted by atomic mass is 10.2. The molecule has 0 saturated carbocycles. The third-order valence-corrected chi connectivity index (χ3v) is 4.78. The third-order valence-electron chi connectivity index (χ3n) is 3.27. The number of ether oxygens (including phenoxy) is 1. The minimum atomic E-state index is -3.52. The van der Waals surface area contributed by atoms with E-state index in [0.29, 0.717) is 24.2 Å². The largest absolute Gasteiger partial charge is 0.399 e. The summed E-state index contributed by atoms with van der Waals surface area (Å²) in [6.07, 6.45) is 4.14. The molecule has 0 saturated heterocycles. The van der Waals surface area contributed by atoms with Crippen molar-refractivity contribution >= 4 is 26.6 Å². The van der Waals surface area contributed by atoms with Gasteiger partial charge < -0.3 is 15.5 Å². The number of H-pyrrole nitrogens is 1. The molecular weight excluding hydrogens is 290 g/mol. The number of nitrogen functional groups attached to an aromatic ring is 1. The topological polar surface area (TPSA) is 97.2 Å². The standard InChI is InChI=1S/C14H21N3O3S/c1-20-8-4-2-3-7-17-21(18,19)14-10-16-13-6-5-11(15)9-12(13)14/h5-6,9-10,16-17H,2-4,7-8,15H2,1H3. The van der Waals surface area contributed by atoms with Crippen LogP contribution in [0, 0.1) is 0 Å². The number of nitrogens with one attached hydrogen (secondary N) is 2. The summed E-state index contributed by atoms with van der Waals surface area (Å²) < 4.78 is 32.2. The number of methoxy groups -OCH3 is 1. The number of hydrogen-bond donors (Lipinski definition) is 3. The first-order valence-corrected chi connectivity index (χ1v) is 8.38. The molecular formula is C14H21N3O3S. The fourth-order valence-electron chi connectivity index (χ4n) is 2.17. The second-order valence-corrected chi connectivity index (χ2v) is 6.64. The van der Waals surface area contributed by atoms with Gasteiger partial charge in [-0.15, -0.1) is 0 Å². The van der Waals surface area contributed by atoms with Crippen LogP contribution in [0.15, 0.2) is 29.3 Å². The zero-order chi connectivity index (χ0) is 15.3. The summed E-state index contributed by atoms with van der Waals surface area (Å²) in [5.74, 6) is 0. The molecule has 21 heavy (non-hydrogen) atoms. The zero-order valence-electron chi connectivity index (χ0n) is 12.1. The minimum Gasteiger partial charge on any atom is -0.399 e. The summed E-state index contributed by atoms with van der Waals surface area (Å²) >= 11 is 0. The fourth-order valence-corrected chi connectivity index (χ4v) is 3.41. The average Bonchev–Trinajstić information content (AvgIpc) is 2.86. The van der Waals surface area contributed by atoms with E-state index in [0.717, 1.165) is 24.8 Å². The Hall–Kier alpha value is -1.57. The quantitative estimate of drug-likeness (QED) is 0.512. The van der Waals surface area contributed by atoms with Gasteiger partial charge in [0.1, 0.15) is 4.90 Å². The van der Waals surface area contributed by atoms with E-state index >= 15 is 0 Å². The van der Waals surface area contributed by atoms with E-state index in [1.165, 1.54) is 6.20 Å². The molecule has 0 aliphatic carbocycles. The molecule has 0 unspecified atom stereocenters. The Morgan fingerprint density at radius 2 is 2.10 bits per heavy atom. The molecule has 0 spiro atoms. The van der Waals surface area contributed by atoms with Gasteiger partial charge in [-0.25, -0.2) is 13.1 Å². The van der Waals surface area contributed by atoms with Crippen molar-refractivity contribution in [1.29, 1.82) is 0 Å². The number of rotatable bonds is 8. The van der Waals surface area contributed by atoms with E-state index in [9.17, 15) is 8.42 Å². The maximum Gasteiger partial charge on any atom is 0.242 e. The Morgan fingerprint density at radius 1 is 1.29 bits per heavy atom. The smallest absolute Gasteiger partial charge is 0.242 e. The number of sulfonamides is 1. The van der Waals surface area contributed by atoms with Crippen LogP contribution >= 0.6 is 0 Å². The Kier molecular flexibility index (Phi) is 5.22. The highest BCUT2D eigenvalue weighted by molar-refractivity contribution is 7.89. The van der Waals surface area contributed by atoms with E-state index in [2.05, 4.69) is 9.71 Å². The van der Waals surface area contributed by atoms with Gasteiger partial charge in [-0.2, -0.15) is 0 Å². The molecule has 6 nitrogen and oxygen atoms in total. The van der Waals surface area contributed by atoms with Crippen LogP contribution in [0.2, 0.25) is 0 Å². The van der Waals surface area contributed by atoms with E-state index in [1.54, 1.807) is 25.3 Å². The Labute approximate surface area is 124 Å². The van der Waals surface area contributed by atoms with Gasteiger partial charge in [0.05, 0.1) is 0 Å². The second-order valence-electron chi connectivity index (χ2n) is 4.91. The third kappa shape index (κ3) is 3.96. The lowest BCUT2D eigenvalue weighted by Crippen LogP contribution is -2.24. The molecule has 1 heterocycles. The maximum atomic E-state index is 12.3. The molecule has 7 heteroatoms. The van der Waals surface area contributed by atoms with Crippen molar-refractivity contribution in [3.8, 4) is 0 Å². The molecule has 0 bridgehead atoms. The van der Waals surface area contributed by atoms with Crippen molar-refractivity contribution < 1.29 is 13.2 Å². The number of unbranched alkanes of at least 4 members (excludes halogenated alkanes) is 2. The zero-order valence-corrected chi connectivity index (χ0v) is 12.9. The highest BCUT2D eigenvalue weighted by Crippen LogP contribution is 2.24. The first-order valence-electron chi connectivity index (χ1n) is 6.90. The van der Waals surface area contributed by atoms with Crippen molar-refractivity contribution in [2.45, 2.75) is 24.2 Å². The predicted octanol–water partition coefficient (Wildman–Crippen LogP) is 1.85. The van der Waals surface area contributed by atoms with Gasteiger partial charge >= 0.3 is 0 Å². The van der Waals surface area contributed by atoms with Crippen LogP contribution < -0.4 is 10.5 Å². The molecule has 2 rings (SSSR count). The molecule has 0 fully saturated rings. The summed E-state index contributed by atoms with van der Waals surface area (Å²) in [5.41, 5.74) is 7.02. The number of nitrogens with two attached hydrogens (primary N) is 1. The molecule has 2 aromatic rings. The number of hydrogen-bond acceptors (Lipinski definition) is 4. The lowest BCUT2D eigenvalue weighted by molar-refractivity contribution is 0.192. The minimum absolute atomic E-state index is 0.238. The maximum absolute atomic E-state index is 12.3. The number of anilines is 1. The average molecular weight is 311 g/mol.